The van der Waals surface area contributed by atoms with E-state index in [1.54, 1.807) is 18.1 Å². The summed E-state index contributed by atoms with van der Waals surface area (Å²) in [4.78, 5) is 14.8. The van der Waals surface area contributed by atoms with Crippen molar-refractivity contribution >= 4 is 18.3 Å². The molecule has 1 amide bonds. The van der Waals surface area contributed by atoms with Crippen LogP contribution in [-0.4, -0.2) is 52.5 Å². The van der Waals surface area contributed by atoms with Crippen molar-refractivity contribution in [3.63, 3.8) is 0 Å². The molecular weight excluding hydrogens is 378 g/mol. The first-order chi connectivity index (χ1) is 13.1. The lowest BCUT2D eigenvalue weighted by Gasteiger charge is -2.24. The summed E-state index contributed by atoms with van der Waals surface area (Å²) in [5, 5.41) is 11.8. The normalized spacial score (nSPS) is 14.2. The Morgan fingerprint density at radius 1 is 1.36 bits per heavy atom. The largest absolute Gasteiger partial charge is 0.497 e. The summed E-state index contributed by atoms with van der Waals surface area (Å²) in [5.41, 5.74) is 2.27. The van der Waals surface area contributed by atoms with Gasteiger partial charge in [-0.3, -0.25) is 4.79 Å². The van der Waals surface area contributed by atoms with Crippen molar-refractivity contribution in [1.29, 1.82) is 0 Å². The monoisotopic (exact) mass is 405 g/mol. The number of rotatable bonds is 7. The molecular formula is C20H28ClN5O2. The second-order valence-electron chi connectivity index (χ2n) is 6.77. The molecule has 1 aliphatic heterocycles. The van der Waals surface area contributed by atoms with Gasteiger partial charge in [-0.1, -0.05) is 23.4 Å². The second kappa shape index (κ2) is 10.2. The fourth-order valence-corrected chi connectivity index (χ4v) is 3.41. The Labute approximate surface area is 172 Å². The first-order valence-corrected chi connectivity index (χ1v) is 9.29. The zero-order valence-electron chi connectivity index (χ0n) is 16.4. The molecule has 0 aliphatic carbocycles. The molecule has 2 aromatic rings. The van der Waals surface area contributed by atoms with Gasteiger partial charge in [-0.2, -0.15) is 0 Å². The van der Waals surface area contributed by atoms with Crippen molar-refractivity contribution in [2.45, 2.75) is 32.4 Å². The standard InChI is InChI=1S/C20H27N5O2.ClH/c1-4-13-24(14-16-5-7-18(27-3)8-6-16)20(26)19-15(2)25(23-22-19)17-9-11-21-12-10-17;/h4-8,17,21H,1,9-14H2,2-3H3;1H. The molecule has 8 heteroatoms. The fourth-order valence-electron chi connectivity index (χ4n) is 3.41. The Bertz CT molecular complexity index is 784. The summed E-state index contributed by atoms with van der Waals surface area (Å²) in [6.07, 6.45) is 3.73. The van der Waals surface area contributed by atoms with E-state index in [-0.39, 0.29) is 18.3 Å². The minimum absolute atomic E-state index is 0. The minimum Gasteiger partial charge on any atom is -0.497 e. The molecule has 0 spiro atoms. The number of hydrogen-bond donors (Lipinski definition) is 1. The maximum Gasteiger partial charge on any atom is 0.276 e. The van der Waals surface area contributed by atoms with Crippen LogP contribution in [0.2, 0.25) is 0 Å². The van der Waals surface area contributed by atoms with E-state index >= 15 is 0 Å². The summed E-state index contributed by atoms with van der Waals surface area (Å²) in [6, 6.07) is 8.01. The van der Waals surface area contributed by atoms with Crippen molar-refractivity contribution in [3.8, 4) is 5.75 Å². The average Bonchev–Trinajstić information content (AvgIpc) is 3.09. The topological polar surface area (TPSA) is 72.3 Å². The van der Waals surface area contributed by atoms with E-state index in [9.17, 15) is 4.79 Å². The number of benzene rings is 1. The van der Waals surface area contributed by atoms with Crippen LogP contribution in [0.3, 0.4) is 0 Å². The number of nitrogens with one attached hydrogen (secondary N) is 1. The number of nitrogens with zero attached hydrogens (tertiary/aromatic N) is 4. The number of hydrogen-bond acceptors (Lipinski definition) is 5. The summed E-state index contributed by atoms with van der Waals surface area (Å²) < 4.78 is 7.10. The van der Waals surface area contributed by atoms with Gasteiger partial charge in [0.1, 0.15) is 5.75 Å². The molecule has 0 radical (unpaired) electrons. The highest BCUT2D eigenvalue weighted by Crippen LogP contribution is 2.21. The van der Waals surface area contributed by atoms with Crippen LogP contribution in [0.1, 0.15) is 40.6 Å². The highest BCUT2D eigenvalue weighted by atomic mass is 35.5. The van der Waals surface area contributed by atoms with E-state index in [2.05, 4.69) is 22.2 Å². The lowest BCUT2D eigenvalue weighted by atomic mass is 10.1. The quantitative estimate of drug-likeness (QED) is 0.717. The first kappa shape index (κ1) is 21.9. The van der Waals surface area contributed by atoms with Crippen LogP contribution in [0.25, 0.3) is 0 Å². The van der Waals surface area contributed by atoms with Gasteiger partial charge in [-0.25, -0.2) is 4.68 Å². The Morgan fingerprint density at radius 3 is 2.64 bits per heavy atom. The Morgan fingerprint density at radius 2 is 2.04 bits per heavy atom. The van der Waals surface area contributed by atoms with Gasteiger partial charge >= 0.3 is 0 Å². The van der Waals surface area contributed by atoms with E-state index in [4.69, 9.17) is 4.74 Å². The molecule has 1 aliphatic rings. The van der Waals surface area contributed by atoms with E-state index in [0.717, 1.165) is 42.9 Å². The van der Waals surface area contributed by atoms with Crippen molar-refractivity contribution in [2.75, 3.05) is 26.7 Å². The smallest absolute Gasteiger partial charge is 0.276 e. The van der Waals surface area contributed by atoms with Gasteiger partial charge in [0.2, 0.25) is 0 Å². The second-order valence-corrected chi connectivity index (χ2v) is 6.77. The number of aromatic nitrogens is 3. The Balaban J connectivity index is 0.00000280. The predicted octanol–water partition coefficient (Wildman–Crippen LogP) is 2.77. The average molecular weight is 406 g/mol. The van der Waals surface area contributed by atoms with Crippen LogP contribution in [-0.2, 0) is 6.54 Å². The third-order valence-corrected chi connectivity index (χ3v) is 4.95. The van der Waals surface area contributed by atoms with Crippen LogP contribution in [0.15, 0.2) is 36.9 Å². The van der Waals surface area contributed by atoms with E-state index < -0.39 is 0 Å². The van der Waals surface area contributed by atoms with Crippen molar-refractivity contribution < 1.29 is 9.53 Å². The molecule has 3 rings (SSSR count). The van der Waals surface area contributed by atoms with E-state index in [1.807, 2.05) is 35.9 Å². The Hall–Kier alpha value is -2.38. The number of ether oxygens (including phenoxy) is 1. The maximum atomic E-state index is 13.1. The molecule has 1 aromatic heterocycles. The van der Waals surface area contributed by atoms with E-state index in [0.29, 0.717) is 24.8 Å². The number of methoxy groups -OCH3 is 1. The first-order valence-electron chi connectivity index (χ1n) is 9.29. The maximum absolute atomic E-state index is 13.1. The van der Waals surface area contributed by atoms with Crippen LogP contribution in [0.4, 0.5) is 0 Å². The molecule has 0 saturated carbocycles. The number of piperidine rings is 1. The fraction of sp³-hybridized carbons (Fsp3) is 0.450. The van der Waals surface area contributed by atoms with E-state index in [1.165, 1.54) is 0 Å². The molecule has 0 unspecified atom stereocenters. The SMILES string of the molecule is C=CCN(Cc1ccc(OC)cc1)C(=O)c1nnn(C2CCNCC2)c1C.Cl. The van der Waals surface area contributed by atoms with Crippen molar-refractivity contribution in [1.82, 2.24) is 25.2 Å². The number of halogens is 1. The zero-order valence-corrected chi connectivity index (χ0v) is 17.2. The lowest BCUT2D eigenvalue weighted by molar-refractivity contribution is 0.0756. The van der Waals surface area contributed by atoms with Gasteiger partial charge in [0.15, 0.2) is 5.69 Å². The molecule has 0 atom stereocenters. The Kier molecular flexibility index (Phi) is 8.02. The van der Waals surface area contributed by atoms with Gasteiger partial charge in [-0.15, -0.1) is 24.1 Å². The van der Waals surface area contributed by atoms with Gasteiger partial charge in [0.05, 0.1) is 18.8 Å². The third-order valence-electron chi connectivity index (χ3n) is 4.95. The molecule has 7 nitrogen and oxygen atoms in total. The number of carbonyl (C=O) groups is 1. The molecule has 152 valence electrons. The molecule has 1 N–H and O–H groups in total. The third kappa shape index (κ3) is 4.91. The molecule has 28 heavy (non-hydrogen) atoms. The molecule has 2 heterocycles. The van der Waals surface area contributed by atoms with Crippen LogP contribution < -0.4 is 10.1 Å². The minimum atomic E-state index is -0.122. The molecule has 1 fully saturated rings. The molecule has 0 bridgehead atoms. The van der Waals surface area contributed by atoms with Crippen LogP contribution in [0.5, 0.6) is 5.75 Å². The number of amides is 1. The molecule has 1 saturated heterocycles. The van der Waals surface area contributed by atoms with Crippen LogP contribution >= 0.6 is 12.4 Å². The molecule has 1 aromatic carbocycles. The predicted molar refractivity (Wildman–Crippen MR) is 111 cm³/mol. The summed E-state index contributed by atoms with van der Waals surface area (Å²) in [7, 11) is 1.64. The van der Waals surface area contributed by atoms with Crippen molar-refractivity contribution in [2.24, 2.45) is 0 Å². The van der Waals surface area contributed by atoms with Crippen molar-refractivity contribution in [3.05, 3.63) is 53.9 Å². The van der Waals surface area contributed by atoms with Gasteiger partial charge in [-0.05, 0) is 50.6 Å². The number of carbonyl (C=O) groups excluding carboxylic acids is 1. The van der Waals surface area contributed by atoms with Gasteiger partial charge in [0, 0.05) is 13.1 Å². The van der Waals surface area contributed by atoms with Gasteiger partial charge < -0.3 is 15.0 Å². The van der Waals surface area contributed by atoms with Gasteiger partial charge in [0.25, 0.3) is 5.91 Å². The lowest BCUT2D eigenvalue weighted by Crippen LogP contribution is -2.32. The summed E-state index contributed by atoms with van der Waals surface area (Å²) >= 11 is 0. The summed E-state index contributed by atoms with van der Waals surface area (Å²) in [6.45, 7) is 8.57. The highest BCUT2D eigenvalue weighted by Gasteiger charge is 2.25. The van der Waals surface area contributed by atoms with Crippen LogP contribution in [0, 0.1) is 6.92 Å². The highest BCUT2D eigenvalue weighted by molar-refractivity contribution is 5.93. The zero-order chi connectivity index (χ0) is 19.2. The summed E-state index contributed by atoms with van der Waals surface area (Å²) in [5.74, 6) is 0.671.